The number of hydrogen-bond donors (Lipinski definition) is 3. The number of benzene rings is 2. The minimum atomic E-state index is -0.796. The third-order valence-electron chi connectivity index (χ3n) is 7.48. The number of fused-ring (bicyclic) bond motifs is 4. The van der Waals surface area contributed by atoms with E-state index in [1.807, 2.05) is 36.4 Å². The molecule has 0 radical (unpaired) electrons. The number of anilines is 1. The average molecular weight is 473 g/mol. The molecule has 6 rings (SSSR count). The van der Waals surface area contributed by atoms with Crippen molar-refractivity contribution in [1.29, 1.82) is 0 Å². The van der Waals surface area contributed by atoms with Gasteiger partial charge in [-0.2, -0.15) is 0 Å². The smallest absolute Gasteiger partial charge is 0.414 e. The zero-order chi connectivity index (χ0) is 24.2. The summed E-state index contributed by atoms with van der Waals surface area (Å²) < 4.78 is 10.6. The SMILES string of the molecule is O=C(Nc1cc(C(=O)N[C@H]2C[C@@H]3C[C@]3(C(=O)O)C2)no1)OCC1c2ccccc2-c2ccccc21. The maximum Gasteiger partial charge on any atom is 0.414 e. The van der Waals surface area contributed by atoms with Gasteiger partial charge < -0.3 is 19.7 Å². The molecule has 2 aromatic carbocycles. The lowest BCUT2D eigenvalue weighted by atomic mass is 9.98. The number of hydrogen-bond acceptors (Lipinski definition) is 6. The quantitative estimate of drug-likeness (QED) is 0.493. The Morgan fingerprint density at radius 2 is 1.74 bits per heavy atom. The van der Waals surface area contributed by atoms with E-state index in [9.17, 15) is 19.5 Å². The summed E-state index contributed by atoms with van der Waals surface area (Å²) in [6.45, 7) is 0.148. The predicted molar refractivity (Wildman–Crippen MR) is 124 cm³/mol. The number of carboxylic acid groups (broad SMARTS) is 1. The van der Waals surface area contributed by atoms with Crippen molar-refractivity contribution in [2.24, 2.45) is 11.3 Å². The number of carbonyl (C=O) groups excluding carboxylic acids is 2. The largest absolute Gasteiger partial charge is 0.481 e. The first kappa shape index (κ1) is 21.4. The molecule has 2 amide bonds. The average Bonchev–Trinajstić information content (AvgIpc) is 3.17. The Hall–Kier alpha value is -4.14. The van der Waals surface area contributed by atoms with Gasteiger partial charge in [-0.15, -0.1) is 0 Å². The second kappa shape index (κ2) is 7.97. The first-order valence-corrected chi connectivity index (χ1v) is 11.6. The van der Waals surface area contributed by atoms with E-state index in [-0.39, 0.29) is 36.1 Å². The van der Waals surface area contributed by atoms with E-state index in [1.54, 1.807) is 0 Å². The van der Waals surface area contributed by atoms with Crippen molar-refractivity contribution in [2.45, 2.75) is 31.2 Å². The molecular formula is C26H23N3O6. The Morgan fingerprint density at radius 1 is 1.06 bits per heavy atom. The number of aliphatic carboxylic acids is 1. The number of amides is 2. The lowest BCUT2D eigenvalue weighted by molar-refractivity contribution is -0.143. The zero-order valence-electron chi connectivity index (χ0n) is 18.7. The van der Waals surface area contributed by atoms with Crippen molar-refractivity contribution in [3.05, 3.63) is 71.4 Å². The van der Waals surface area contributed by atoms with Crippen LogP contribution in [0.25, 0.3) is 11.1 Å². The predicted octanol–water partition coefficient (Wildman–Crippen LogP) is 4.02. The van der Waals surface area contributed by atoms with Crippen LogP contribution >= 0.6 is 0 Å². The second-order valence-corrected chi connectivity index (χ2v) is 9.50. The van der Waals surface area contributed by atoms with Gasteiger partial charge in [-0.3, -0.25) is 14.9 Å². The molecule has 0 saturated heterocycles. The minimum absolute atomic E-state index is 0.00361. The molecular weight excluding hydrogens is 450 g/mol. The van der Waals surface area contributed by atoms with Crippen LogP contribution in [0.4, 0.5) is 10.7 Å². The summed E-state index contributed by atoms with van der Waals surface area (Å²) in [5.74, 6) is -1.23. The Balaban J connectivity index is 1.05. The van der Waals surface area contributed by atoms with Crippen molar-refractivity contribution in [3.63, 3.8) is 0 Å². The van der Waals surface area contributed by atoms with Crippen LogP contribution in [0.15, 0.2) is 59.1 Å². The summed E-state index contributed by atoms with van der Waals surface area (Å²) >= 11 is 0. The molecule has 3 aliphatic rings. The first-order chi connectivity index (χ1) is 16.9. The van der Waals surface area contributed by atoms with Crippen molar-refractivity contribution < 1.29 is 28.8 Å². The summed E-state index contributed by atoms with van der Waals surface area (Å²) in [5, 5.41) is 18.4. The van der Waals surface area contributed by atoms with E-state index in [0.29, 0.717) is 19.3 Å². The van der Waals surface area contributed by atoms with Gasteiger partial charge in [0.05, 0.1) is 5.41 Å². The van der Waals surface area contributed by atoms with Crippen LogP contribution in [0.3, 0.4) is 0 Å². The molecule has 1 aromatic heterocycles. The fraction of sp³-hybridized carbons (Fsp3) is 0.308. The van der Waals surface area contributed by atoms with Gasteiger partial charge in [0.15, 0.2) is 5.69 Å². The second-order valence-electron chi connectivity index (χ2n) is 9.50. The molecule has 9 heteroatoms. The molecule has 3 aromatic rings. The van der Waals surface area contributed by atoms with Crippen LogP contribution in [0.2, 0.25) is 0 Å². The molecule has 0 spiro atoms. The van der Waals surface area contributed by atoms with Gasteiger partial charge in [0.1, 0.15) is 6.61 Å². The summed E-state index contributed by atoms with van der Waals surface area (Å²) in [6, 6.07) is 17.2. The maximum atomic E-state index is 12.5. The van der Waals surface area contributed by atoms with Crippen molar-refractivity contribution in [2.75, 3.05) is 11.9 Å². The number of nitrogens with zero attached hydrogens (tertiary/aromatic N) is 1. The molecule has 2 saturated carbocycles. The summed E-state index contributed by atoms with van der Waals surface area (Å²) in [5.41, 5.74) is 3.81. The topological polar surface area (TPSA) is 131 Å². The highest BCUT2D eigenvalue weighted by molar-refractivity contribution is 5.94. The minimum Gasteiger partial charge on any atom is -0.481 e. The Morgan fingerprint density at radius 3 is 2.40 bits per heavy atom. The fourth-order valence-corrected chi connectivity index (χ4v) is 5.70. The summed E-state index contributed by atoms with van der Waals surface area (Å²) in [7, 11) is 0. The lowest BCUT2D eigenvalue weighted by Gasteiger charge is -2.14. The summed E-state index contributed by atoms with van der Waals surface area (Å²) in [4.78, 5) is 36.4. The molecule has 0 unspecified atom stereocenters. The van der Waals surface area contributed by atoms with Gasteiger partial charge in [-0.25, -0.2) is 4.79 Å². The lowest BCUT2D eigenvalue weighted by Crippen LogP contribution is -2.35. The standard InChI is InChI=1S/C26H23N3O6/c30-23(27-15-9-14-11-26(14,12-15)24(31)32)21-10-22(35-29-21)28-25(33)34-13-20-18-7-3-1-5-16(18)17-6-2-4-8-19(17)20/h1-8,10,14-15,20H,9,11-13H2,(H,27,30)(H,28,33)(H,31,32)/t14-,15+,26+/m1/s1. The van der Waals surface area contributed by atoms with E-state index in [0.717, 1.165) is 22.3 Å². The third-order valence-corrected chi connectivity index (χ3v) is 7.48. The van der Waals surface area contributed by atoms with Gasteiger partial charge in [-0.05, 0) is 47.4 Å². The number of carboxylic acids is 1. The van der Waals surface area contributed by atoms with Crippen LogP contribution in [-0.4, -0.2) is 40.9 Å². The highest BCUT2D eigenvalue weighted by Crippen LogP contribution is 2.63. The van der Waals surface area contributed by atoms with Crippen molar-refractivity contribution in [1.82, 2.24) is 10.5 Å². The molecule has 3 N–H and O–H groups in total. The van der Waals surface area contributed by atoms with Gasteiger partial charge >= 0.3 is 12.1 Å². The van der Waals surface area contributed by atoms with Crippen LogP contribution in [0, 0.1) is 11.3 Å². The van der Waals surface area contributed by atoms with Gasteiger partial charge in [-0.1, -0.05) is 53.7 Å². The molecule has 178 valence electrons. The zero-order valence-corrected chi connectivity index (χ0v) is 18.7. The van der Waals surface area contributed by atoms with E-state index >= 15 is 0 Å². The van der Waals surface area contributed by atoms with Crippen molar-refractivity contribution >= 4 is 23.9 Å². The van der Waals surface area contributed by atoms with Crippen LogP contribution in [0.1, 0.15) is 46.8 Å². The van der Waals surface area contributed by atoms with E-state index in [2.05, 4.69) is 27.9 Å². The number of rotatable bonds is 6. The van der Waals surface area contributed by atoms with Crippen LogP contribution < -0.4 is 10.6 Å². The molecule has 35 heavy (non-hydrogen) atoms. The molecule has 0 bridgehead atoms. The summed E-state index contributed by atoms with van der Waals surface area (Å²) in [6.07, 6.45) is 1.02. The van der Waals surface area contributed by atoms with E-state index in [1.165, 1.54) is 6.07 Å². The number of aromatic nitrogens is 1. The highest BCUT2D eigenvalue weighted by Gasteiger charge is 2.65. The molecule has 2 fully saturated rings. The Kier molecular flexibility index (Phi) is 4.87. The molecule has 9 nitrogen and oxygen atoms in total. The first-order valence-electron chi connectivity index (χ1n) is 11.6. The van der Waals surface area contributed by atoms with Gasteiger partial charge in [0.2, 0.25) is 5.88 Å². The number of ether oxygens (including phenoxy) is 1. The van der Waals surface area contributed by atoms with Crippen LogP contribution in [-0.2, 0) is 9.53 Å². The maximum absolute atomic E-state index is 12.5. The third kappa shape index (κ3) is 3.63. The molecule has 1 heterocycles. The van der Waals surface area contributed by atoms with Gasteiger partial charge in [0.25, 0.3) is 5.91 Å². The monoisotopic (exact) mass is 473 g/mol. The number of carbonyl (C=O) groups is 3. The van der Waals surface area contributed by atoms with Gasteiger partial charge in [0, 0.05) is 18.0 Å². The van der Waals surface area contributed by atoms with Crippen LogP contribution in [0.5, 0.6) is 0 Å². The fourth-order valence-electron chi connectivity index (χ4n) is 5.70. The normalized spacial score (nSPS) is 23.7. The molecule has 0 aliphatic heterocycles. The number of nitrogens with one attached hydrogen (secondary N) is 2. The Bertz CT molecular complexity index is 1300. The Labute approximate surface area is 200 Å². The van der Waals surface area contributed by atoms with E-state index in [4.69, 9.17) is 9.26 Å². The highest BCUT2D eigenvalue weighted by atomic mass is 16.6. The molecule has 3 aliphatic carbocycles. The van der Waals surface area contributed by atoms with Crippen molar-refractivity contribution in [3.8, 4) is 11.1 Å². The molecule has 3 atom stereocenters. The van der Waals surface area contributed by atoms with E-state index < -0.39 is 23.4 Å².